The zero-order valence-electron chi connectivity index (χ0n) is 8.88. The van der Waals surface area contributed by atoms with Gasteiger partial charge in [0.15, 0.2) is 0 Å². The second-order valence-corrected chi connectivity index (χ2v) is 5.68. The molecule has 0 bridgehead atoms. The van der Waals surface area contributed by atoms with Gasteiger partial charge in [-0.1, -0.05) is 41.4 Å². The monoisotopic (exact) mass is 303 g/mol. The van der Waals surface area contributed by atoms with Crippen LogP contribution in [0.15, 0.2) is 47.5 Å². The van der Waals surface area contributed by atoms with Gasteiger partial charge in [0.2, 0.25) is 0 Å². The van der Waals surface area contributed by atoms with Crippen LogP contribution in [0.5, 0.6) is 5.88 Å². The van der Waals surface area contributed by atoms with Crippen molar-refractivity contribution in [2.45, 2.75) is 4.90 Å². The molecule has 0 amide bonds. The van der Waals surface area contributed by atoms with Crippen LogP contribution in [-0.4, -0.2) is 13.4 Å². The first-order valence-corrected chi connectivity index (χ1v) is 6.96. The maximum atomic E-state index is 11.9. The molecule has 1 aromatic heterocycles. The Balaban J connectivity index is 2.34. The van der Waals surface area contributed by atoms with Gasteiger partial charge in [0.25, 0.3) is 5.88 Å². The molecule has 1 aromatic carbocycles. The molecule has 2 aromatic rings. The Morgan fingerprint density at radius 3 is 2.39 bits per heavy atom. The van der Waals surface area contributed by atoms with Crippen molar-refractivity contribution < 1.29 is 12.6 Å². The molecule has 4 nitrogen and oxygen atoms in total. The second kappa shape index (κ2) is 5.14. The highest BCUT2D eigenvalue weighted by Gasteiger charge is 2.18. The van der Waals surface area contributed by atoms with Gasteiger partial charge in [0.1, 0.15) is 9.92 Å². The van der Waals surface area contributed by atoms with Crippen LogP contribution in [0.25, 0.3) is 0 Å². The molecular formula is C11H7Cl2NO3S. The number of rotatable bonds is 3. The molecule has 0 saturated heterocycles. The molecule has 0 saturated carbocycles. The molecule has 94 valence electrons. The zero-order chi connectivity index (χ0) is 13.2. The lowest BCUT2D eigenvalue weighted by Gasteiger charge is -2.07. The molecule has 0 spiro atoms. The summed E-state index contributed by atoms with van der Waals surface area (Å²) in [5.41, 5.74) is 0. The number of hydrogen-bond acceptors (Lipinski definition) is 4. The van der Waals surface area contributed by atoms with Crippen molar-refractivity contribution in [1.82, 2.24) is 4.98 Å². The maximum absolute atomic E-state index is 11.9. The largest absolute Gasteiger partial charge is 0.357 e. The van der Waals surface area contributed by atoms with Crippen LogP contribution in [-0.2, 0) is 10.1 Å². The van der Waals surface area contributed by atoms with E-state index in [2.05, 4.69) is 4.98 Å². The van der Waals surface area contributed by atoms with E-state index in [0.717, 1.165) is 0 Å². The van der Waals surface area contributed by atoms with Crippen molar-refractivity contribution >= 4 is 33.3 Å². The predicted molar refractivity (Wildman–Crippen MR) is 68.5 cm³/mol. The van der Waals surface area contributed by atoms with Gasteiger partial charge >= 0.3 is 10.1 Å². The third kappa shape index (κ3) is 2.93. The lowest BCUT2D eigenvalue weighted by molar-refractivity contribution is 0.476. The van der Waals surface area contributed by atoms with Crippen molar-refractivity contribution in [3.8, 4) is 5.88 Å². The van der Waals surface area contributed by atoms with E-state index < -0.39 is 10.1 Å². The molecule has 0 N–H and O–H groups in total. The molecule has 0 fully saturated rings. The molecule has 7 heteroatoms. The van der Waals surface area contributed by atoms with Gasteiger partial charge < -0.3 is 4.18 Å². The molecule has 2 rings (SSSR count). The van der Waals surface area contributed by atoms with Crippen molar-refractivity contribution in [3.63, 3.8) is 0 Å². The van der Waals surface area contributed by atoms with Crippen LogP contribution >= 0.6 is 23.2 Å². The predicted octanol–water partition coefficient (Wildman–Crippen LogP) is 3.16. The van der Waals surface area contributed by atoms with E-state index in [1.165, 1.54) is 24.4 Å². The second-order valence-electron chi connectivity index (χ2n) is 3.29. The minimum Gasteiger partial charge on any atom is -0.357 e. The van der Waals surface area contributed by atoms with Crippen LogP contribution in [0.4, 0.5) is 0 Å². The molecule has 1 heterocycles. The van der Waals surface area contributed by atoms with E-state index in [0.29, 0.717) is 5.02 Å². The van der Waals surface area contributed by atoms with E-state index in [4.69, 9.17) is 27.4 Å². The minimum absolute atomic E-state index is 0.0258. The highest BCUT2D eigenvalue weighted by atomic mass is 35.5. The fourth-order valence-corrected chi connectivity index (χ4v) is 2.59. The number of halogens is 2. The average molecular weight is 304 g/mol. The normalized spacial score (nSPS) is 11.2. The summed E-state index contributed by atoms with van der Waals surface area (Å²) in [7, 11) is -3.94. The first-order valence-electron chi connectivity index (χ1n) is 4.79. The van der Waals surface area contributed by atoms with Crippen LogP contribution in [0.1, 0.15) is 0 Å². The third-order valence-electron chi connectivity index (χ3n) is 1.99. The smallest absolute Gasteiger partial charge is 0.340 e. The van der Waals surface area contributed by atoms with Gasteiger partial charge in [0.05, 0.1) is 5.02 Å². The van der Waals surface area contributed by atoms with Crippen LogP contribution < -0.4 is 4.18 Å². The Labute approximate surface area is 114 Å². The third-order valence-corrected chi connectivity index (χ3v) is 3.70. The van der Waals surface area contributed by atoms with Crippen molar-refractivity contribution in [1.29, 1.82) is 0 Å². The van der Waals surface area contributed by atoms with E-state index >= 15 is 0 Å². The number of nitrogens with zero attached hydrogens (tertiary/aromatic N) is 1. The van der Waals surface area contributed by atoms with Gasteiger partial charge in [-0.25, -0.2) is 4.98 Å². The first kappa shape index (κ1) is 13.1. The summed E-state index contributed by atoms with van der Waals surface area (Å²) in [5.74, 6) is -0.204. The van der Waals surface area contributed by atoms with Crippen molar-refractivity contribution in [2.24, 2.45) is 0 Å². The number of benzene rings is 1. The lowest BCUT2D eigenvalue weighted by atomic mass is 10.4. The van der Waals surface area contributed by atoms with Gasteiger partial charge in [-0.2, -0.15) is 8.42 Å². The Hall–Kier alpha value is -1.30. The minimum atomic E-state index is -3.94. The maximum Gasteiger partial charge on any atom is 0.340 e. The molecule has 18 heavy (non-hydrogen) atoms. The highest BCUT2D eigenvalue weighted by Crippen LogP contribution is 2.27. The van der Waals surface area contributed by atoms with Crippen molar-refractivity contribution in [2.75, 3.05) is 0 Å². The van der Waals surface area contributed by atoms with E-state index in [1.54, 1.807) is 18.2 Å². The van der Waals surface area contributed by atoms with Gasteiger partial charge in [-0.3, -0.25) is 0 Å². The van der Waals surface area contributed by atoms with Gasteiger partial charge in [0, 0.05) is 6.20 Å². The summed E-state index contributed by atoms with van der Waals surface area (Å²) in [5, 5.41) is 0.325. The standard InChI is InChI=1S/C11H7Cl2NO3S/c12-8-6-10(13)11(14-7-8)17-18(15,16)9-4-2-1-3-5-9/h1-7H. The molecule has 0 aliphatic rings. The van der Waals surface area contributed by atoms with Crippen molar-refractivity contribution in [3.05, 3.63) is 52.6 Å². The molecule has 0 aliphatic carbocycles. The summed E-state index contributed by atoms with van der Waals surface area (Å²) in [6, 6.07) is 9.07. The van der Waals surface area contributed by atoms with E-state index in [1.807, 2.05) is 0 Å². The SMILES string of the molecule is O=S(=O)(Oc1ncc(Cl)cc1Cl)c1ccccc1. The Kier molecular flexibility index (Phi) is 3.75. The van der Waals surface area contributed by atoms with E-state index in [9.17, 15) is 8.42 Å². The quantitative estimate of drug-likeness (QED) is 0.817. The molecular weight excluding hydrogens is 297 g/mol. The van der Waals surface area contributed by atoms with Crippen LogP contribution in [0, 0.1) is 0 Å². The number of aromatic nitrogens is 1. The molecule has 0 unspecified atom stereocenters. The van der Waals surface area contributed by atoms with Gasteiger partial charge in [-0.05, 0) is 18.2 Å². The summed E-state index contributed by atoms with van der Waals surface area (Å²) < 4.78 is 28.6. The number of pyridine rings is 1. The lowest BCUT2D eigenvalue weighted by Crippen LogP contribution is -2.10. The molecule has 0 aliphatic heterocycles. The summed E-state index contributed by atoms with van der Waals surface area (Å²) in [6.45, 7) is 0. The summed E-state index contributed by atoms with van der Waals surface area (Å²) in [4.78, 5) is 3.75. The van der Waals surface area contributed by atoms with E-state index in [-0.39, 0.29) is 15.8 Å². The average Bonchev–Trinajstić information content (AvgIpc) is 2.34. The number of hydrogen-bond donors (Lipinski definition) is 0. The fraction of sp³-hybridized carbons (Fsp3) is 0. The first-order chi connectivity index (χ1) is 8.49. The Bertz CT molecular complexity index is 659. The zero-order valence-corrected chi connectivity index (χ0v) is 11.2. The summed E-state index contributed by atoms with van der Waals surface area (Å²) >= 11 is 11.4. The highest BCUT2D eigenvalue weighted by molar-refractivity contribution is 7.87. The molecule has 0 radical (unpaired) electrons. The summed E-state index contributed by atoms with van der Waals surface area (Å²) in [6.07, 6.45) is 1.25. The van der Waals surface area contributed by atoms with Crippen LogP contribution in [0.3, 0.4) is 0 Å². The van der Waals surface area contributed by atoms with Crippen LogP contribution in [0.2, 0.25) is 10.0 Å². The Morgan fingerprint density at radius 1 is 1.11 bits per heavy atom. The fourth-order valence-electron chi connectivity index (χ4n) is 1.20. The molecule has 0 atom stereocenters. The Morgan fingerprint density at radius 2 is 1.78 bits per heavy atom. The topological polar surface area (TPSA) is 56.3 Å². The van der Waals surface area contributed by atoms with Gasteiger partial charge in [-0.15, -0.1) is 0 Å².